The number of rotatable bonds is 6. The van der Waals surface area contributed by atoms with Crippen LogP contribution in [0.3, 0.4) is 0 Å². The van der Waals surface area contributed by atoms with Crippen molar-refractivity contribution in [1.82, 2.24) is 10.6 Å². The molecule has 0 saturated carbocycles. The van der Waals surface area contributed by atoms with Crippen molar-refractivity contribution in [2.45, 2.75) is 39.8 Å². The van der Waals surface area contributed by atoms with E-state index in [4.69, 9.17) is 0 Å². The molecule has 0 aliphatic carbocycles. The highest BCUT2D eigenvalue weighted by molar-refractivity contribution is 9.10. The van der Waals surface area contributed by atoms with Gasteiger partial charge in [-0.05, 0) is 41.5 Å². The second-order valence-electron chi connectivity index (χ2n) is 7.04. The molecule has 0 saturated heterocycles. The Kier molecular flexibility index (Phi) is 6.61. The molecule has 2 atom stereocenters. The van der Waals surface area contributed by atoms with Crippen LogP contribution in [0.1, 0.15) is 50.2 Å². The first-order chi connectivity index (χ1) is 11.3. The summed E-state index contributed by atoms with van der Waals surface area (Å²) in [6.07, 6.45) is 0. The summed E-state index contributed by atoms with van der Waals surface area (Å²) in [6, 6.07) is 12.3. The molecule has 2 N–H and O–H groups in total. The maximum absolute atomic E-state index is 12.3. The van der Waals surface area contributed by atoms with E-state index in [-0.39, 0.29) is 23.4 Å². The SMILES string of the molecule is CC(NC(=O)CNC(c1cccs1)C(C)(C)C)c1ccc(Br)cc1. The molecule has 3 nitrogen and oxygen atoms in total. The van der Waals surface area contributed by atoms with Crippen LogP contribution in [0.15, 0.2) is 46.3 Å². The van der Waals surface area contributed by atoms with E-state index in [2.05, 4.69) is 64.8 Å². The minimum atomic E-state index is -0.0118. The molecule has 0 aliphatic rings. The molecule has 0 aliphatic heterocycles. The number of hydrogen-bond donors (Lipinski definition) is 2. The van der Waals surface area contributed by atoms with Crippen LogP contribution in [-0.2, 0) is 4.79 Å². The van der Waals surface area contributed by atoms with Crippen LogP contribution in [0, 0.1) is 5.41 Å². The van der Waals surface area contributed by atoms with Crippen molar-refractivity contribution in [3.63, 3.8) is 0 Å². The van der Waals surface area contributed by atoms with Gasteiger partial charge < -0.3 is 10.6 Å². The number of hydrogen-bond acceptors (Lipinski definition) is 3. The molecule has 2 rings (SSSR count). The van der Waals surface area contributed by atoms with Crippen LogP contribution in [0.5, 0.6) is 0 Å². The van der Waals surface area contributed by atoms with E-state index in [1.54, 1.807) is 11.3 Å². The largest absolute Gasteiger partial charge is 0.348 e. The summed E-state index contributed by atoms with van der Waals surface area (Å²) in [5.41, 5.74) is 1.14. The second-order valence-corrected chi connectivity index (χ2v) is 8.93. The summed E-state index contributed by atoms with van der Waals surface area (Å²) in [5.74, 6) is 0.0104. The number of halogens is 1. The van der Waals surface area contributed by atoms with Crippen molar-refractivity contribution >= 4 is 33.2 Å². The lowest BCUT2D eigenvalue weighted by molar-refractivity contribution is -0.121. The smallest absolute Gasteiger partial charge is 0.234 e. The third-order valence-electron chi connectivity index (χ3n) is 3.91. The molecule has 0 bridgehead atoms. The number of carbonyl (C=O) groups is 1. The van der Waals surface area contributed by atoms with Gasteiger partial charge in [0.1, 0.15) is 0 Å². The topological polar surface area (TPSA) is 41.1 Å². The monoisotopic (exact) mass is 408 g/mol. The molecule has 130 valence electrons. The second kappa shape index (κ2) is 8.28. The van der Waals surface area contributed by atoms with Crippen molar-refractivity contribution in [3.8, 4) is 0 Å². The van der Waals surface area contributed by atoms with Crippen LogP contribution < -0.4 is 10.6 Å². The first-order valence-corrected chi connectivity index (χ1v) is 9.76. The predicted octanol–water partition coefficient (Wildman–Crippen LogP) is 5.06. The minimum Gasteiger partial charge on any atom is -0.348 e. The van der Waals surface area contributed by atoms with Gasteiger partial charge in [-0.2, -0.15) is 0 Å². The molecule has 1 aromatic carbocycles. The van der Waals surface area contributed by atoms with Crippen molar-refractivity contribution < 1.29 is 4.79 Å². The number of carbonyl (C=O) groups excluding carboxylic acids is 1. The molecule has 24 heavy (non-hydrogen) atoms. The van der Waals surface area contributed by atoms with E-state index in [9.17, 15) is 4.79 Å². The Bertz CT molecular complexity index is 647. The highest BCUT2D eigenvalue weighted by Gasteiger charge is 2.27. The number of benzene rings is 1. The van der Waals surface area contributed by atoms with E-state index in [0.29, 0.717) is 6.54 Å². The van der Waals surface area contributed by atoms with Gasteiger partial charge in [0.25, 0.3) is 0 Å². The van der Waals surface area contributed by atoms with Gasteiger partial charge in [-0.15, -0.1) is 11.3 Å². The highest BCUT2D eigenvalue weighted by atomic mass is 79.9. The van der Waals surface area contributed by atoms with Gasteiger partial charge in [0.15, 0.2) is 0 Å². The van der Waals surface area contributed by atoms with Crippen molar-refractivity contribution in [2.24, 2.45) is 5.41 Å². The lowest BCUT2D eigenvalue weighted by Crippen LogP contribution is -2.40. The summed E-state index contributed by atoms with van der Waals surface area (Å²) in [5, 5.41) is 8.55. The molecule has 5 heteroatoms. The number of amides is 1. The first-order valence-electron chi connectivity index (χ1n) is 8.09. The summed E-state index contributed by atoms with van der Waals surface area (Å²) in [4.78, 5) is 13.6. The standard InChI is InChI=1S/C19H25BrN2OS/c1-13(14-7-9-15(20)10-8-14)22-17(23)12-21-18(19(2,3)4)16-6-5-11-24-16/h5-11,13,18,21H,12H2,1-4H3,(H,22,23). The molecule has 2 unspecified atom stereocenters. The van der Waals surface area contributed by atoms with Crippen LogP contribution in [0.4, 0.5) is 0 Å². The quantitative estimate of drug-likeness (QED) is 0.700. The van der Waals surface area contributed by atoms with Gasteiger partial charge in [-0.3, -0.25) is 4.79 Å². The molecular formula is C19H25BrN2OS. The summed E-state index contributed by atoms with van der Waals surface area (Å²) < 4.78 is 1.04. The Labute approximate surface area is 157 Å². The van der Waals surface area contributed by atoms with E-state index in [1.807, 2.05) is 31.2 Å². The molecule has 0 fully saturated rings. The molecule has 2 aromatic rings. The zero-order valence-electron chi connectivity index (χ0n) is 14.6. The number of thiophene rings is 1. The molecule has 1 amide bonds. The maximum Gasteiger partial charge on any atom is 0.234 e. The average molecular weight is 409 g/mol. The normalized spacial score (nSPS) is 14.2. The van der Waals surface area contributed by atoms with Gasteiger partial charge in [0.2, 0.25) is 5.91 Å². The van der Waals surface area contributed by atoms with Crippen LogP contribution in [0.25, 0.3) is 0 Å². The van der Waals surface area contributed by atoms with Crippen LogP contribution in [0.2, 0.25) is 0 Å². The van der Waals surface area contributed by atoms with Gasteiger partial charge in [0, 0.05) is 15.4 Å². The summed E-state index contributed by atoms with van der Waals surface area (Å²) in [7, 11) is 0. The van der Waals surface area contributed by atoms with Gasteiger partial charge in [0.05, 0.1) is 12.6 Å². The van der Waals surface area contributed by atoms with E-state index in [1.165, 1.54) is 4.88 Å². The molecule has 1 aromatic heterocycles. The van der Waals surface area contributed by atoms with E-state index < -0.39 is 0 Å². The molecule has 0 radical (unpaired) electrons. The Morgan fingerprint density at radius 3 is 2.42 bits per heavy atom. The van der Waals surface area contributed by atoms with Crippen molar-refractivity contribution in [2.75, 3.05) is 6.54 Å². The van der Waals surface area contributed by atoms with Gasteiger partial charge >= 0.3 is 0 Å². The summed E-state index contributed by atoms with van der Waals surface area (Å²) >= 11 is 5.15. The third-order valence-corrected chi connectivity index (χ3v) is 5.37. The first kappa shape index (κ1) is 19.2. The Balaban J connectivity index is 1.92. The Hall–Kier alpha value is -1.17. The fraction of sp³-hybridized carbons (Fsp3) is 0.421. The molecule has 1 heterocycles. The molecular weight excluding hydrogens is 384 g/mol. The fourth-order valence-electron chi connectivity index (χ4n) is 2.61. The maximum atomic E-state index is 12.3. The fourth-order valence-corrected chi connectivity index (χ4v) is 3.92. The lowest BCUT2D eigenvalue weighted by atomic mass is 9.86. The van der Waals surface area contributed by atoms with Crippen molar-refractivity contribution in [3.05, 3.63) is 56.7 Å². The van der Waals surface area contributed by atoms with Gasteiger partial charge in [-0.25, -0.2) is 0 Å². The summed E-state index contributed by atoms with van der Waals surface area (Å²) in [6.45, 7) is 8.87. The van der Waals surface area contributed by atoms with Gasteiger partial charge in [-0.1, -0.05) is 54.9 Å². The third kappa shape index (κ3) is 5.43. The highest BCUT2D eigenvalue weighted by Crippen LogP contribution is 2.34. The van der Waals surface area contributed by atoms with Crippen LogP contribution >= 0.6 is 27.3 Å². The molecule has 0 spiro atoms. The lowest BCUT2D eigenvalue weighted by Gasteiger charge is -2.31. The van der Waals surface area contributed by atoms with Crippen molar-refractivity contribution in [1.29, 1.82) is 0 Å². The van der Waals surface area contributed by atoms with E-state index >= 15 is 0 Å². The zero-order valence-corrected chi connectivity index (χ0v) is 17.0. The Morgan fingerprint density at radius 1 is 1.21 bits per heavy atom. The number of nitrogens with one attached hydrogen (secondary N) is 2. The van der Waals surface area contributed by atoms with E-state index in [0.717, 1.165) is 10.0 Å². The Morgan fingerprint density at radius 2 is 1.88 bits per heavy atom. The predicted molar refractivity (Wildman–Crippen MR) is 105 cm³/mol. The van der Waals surface area contributed by atoms with Crippen LogP contribution in [-0.4, -0.2) is 12.5 Å². The average Bonchev–Trinajstić information content (AvgIpc) is 3.00. The zero-order chi connectivity index (χ0) is 17.7. The minimum absolute atomic E-state index is 0.0104.